The Morgan fingerprint density at radius 3 is 2.70 bits per heavy atom. The molecule has 0 spiro atoms. The van der Waals surface area contributed by atoms with Crippen LogP contribution < -0.4 is 0 Å². The van der Waals surface area contributed by atoms with Crippen molar-refractivity contribution < 1.29 is 14.6 Å². The zero-order valence-electron chi connectivity index (χ0n) is 20.6. The highest BCUT2D eigenvalue weighted by Gasteiger charge is 2.68. The van der Waals surface area contributed by atoms with Gasteiger partial charge in [0, 0.05) is 10.8 Å². The van der Waals surface area contributed by atoms with Crippen LogP contribution in [0.1, 0.15) is 85.3 Å². The van der Waals surface area contributed by atoms with Crippen LogP contribution in [0.25, 0.3) is 0 Å². The van der Waals surface area contributed by atoms with Crippen LogP contribution in [0.2, 0.25) is 0 Å². The van der Waals surface area contributed by atoms with E-state index in [1.54, 1.807) is 11.9 Å². The highest BCUT2D eigenvalue weighted by Crippen LogP contribution is 2.74. The van der Waals surface area contributed by atoms with Gasteiger partial charge in [0.25, 0.3) is 0 Å². The van der Waals surface area contributed by atoms with Gasteiger partial charge in [0.1, 0.15) is 12.7 Å². The van der Waals surface area contributed by atoms with E-state index in [4.69, 9.17) is 4.74 Å². The highest BCUT2D eigenvalue weighted by atomic mass is 16.5. The smallest absolute Gasteiger partial charge is 0.307 e. The standard InChI is InChI=1S/C27H39N3O3/c1-17-8-12-25(3)18-6-7-20-24(2)10-5-11-27(20,14-33-23(24)30-16-28-15-29-30)19(18)9-13-26(25,4)21(17)22(31)32/h9,15-18,20-21,23H,5-8,10-14H2,1-4H3,(H,31,32). The number of carboxylic acids is 1. The highest BCUT2D eigenvalue weighted by molar-refractivity contribution is 5.72. The molecule has 33 heavy (non-hydrogen) atoms. The van der Waals surface area contributed by atoms with Crippen LogP contribution >= 0.6 is 0 Å². The largest absolute Gasteiger partial charge is 0.481 e. The van der Waals surface area contributed by atoms with E-state index in [1.165, 1.54) is 25.7 Å². The lowest BCUT2D eigenvalue weighted by atomic mass is 9.37. The Kier molecular flexibility index (Phi) is 4.58. The Hall–Kier alpha value is -1.69. The Balaban J connectivity index is 1.43. The molecule has 1 N–H and O–H groups in total. The number of ether oxygens (including phenoxy) is 1. The minimum atomic E-state index is -0.596. The van der Waals surface area contributed by atoms with Crippen LogP contribution in [-0.2, 0) is 9.53 Å². The van der Waals surface area contributed by atoms with Crippen LogP contribution in [0.15, 0.2) is 24.3 Å². The molecule has 0 radical (unpaired) electrons. The minimum absolute atomic E-state index is 0.0307. The first-order chi connectivity index (χ1) is 15.7. The molecule has 2 heterocycles. The molecule has 1 aliphatic heterocycles. The zero-order valence-corrected chi connectivity index (χ0v) is 20.6. The molecule has 1 aromatic rings. The third kappa shape index (κ3) is 2.57. The molecule has 2 bridgehead atoms. The molecule has 5 aliphatic rings. The lowest BCUT2D eigenvalue weighted by molar-refractivity contribution is -0.249. The number of hydrogen-bond donors (Lipinski definition) is 1. The van der Waals surface area contributed by atoms with Gasteiger partial charge in [-0.05, 0) is 73.5 Å². The molecule has 0 aromatic carbocycles. The number of allylic oxidation sites excluding steroid dienone is 1. The van der Waals surface area contributed by atoms with Crippen molar-refractivity contribution in [3.8, 4) is 0 Å². The van der Waals surface area contributed by atoms with Gasteiger partial charge in [-0.3, -0.25) is 4.79 Å². The molecular weight excluding hydrogens is 414 g/mol. The molecule has 180 valence electrons. The van der Waals surface area contributed by atoms with E-state index in [0.29, 0.717) is 11.8 Å². The Morgan fingerprint density at radius 2 is 1.97 bits per heavy atom. The van der Waals surface area contributed by atoms with Gasteiger partial charge in [-0.1, -0.05) is 45.8 Å². The fraction of sp³-hybridized carbons (Fsp3) is 0.815. The summed E-state index contributed by atoms with van der Waals surface area (Å²) in [6, 6.07) is 0. The lowest BCUT2D eigenvalue weighted by Gasteiger charge is -2.69. The average Bonchev–Trinajstić information content (AvgIpc) is 3.28. The number of fused-ring (bicyclic) bond motifs is 3. The molecule has 9 atom stereocenters. The van der Waals surface area contributed by atoms with Gasteiger partial charge in [0.2, 0.25) is 0 Å². The number of hydrogen-bond acceptors (Lipinski definition) is 4. The molecule has 1 saturated heterocycles. The summed E-state index contributed by atoms with van der Waals surface area (Å²) in [5, 5.41) is 14.7. The van der Waals surface area contributed by atoms with Gasteiger partial charge < -0.3 is 9.84 Å². The van der Waals surface area contributed by atoms with Gasteiger partial charge in [0.15, 0.2) is 6.23 Å². The molecule has 0 amide bonds. The second kappa shape index (κ2) is 6.93. The van der Waals surface area contributed by atoms with Crippen molar-refractivity contribution in [2.75, 3.05) is 6.61 Å². The molecule has 4 aliphatic carbocycles. The first-order valence-corrected chi connectivity index (χ1v) is 13.1. The molecule has 9 unspecified atom stereocenters. The summed E-state index contributed by atoms with van der Waals surface area (Å²) in [6.45, 7) is 10.1. The van der Waals surface area contributed by atoms with Crippen molar-refractivity contribution >= 4 is 5.97 Å². The Bertz CT molecular complexity index is 991. The predicted octanol–water partition coefficient (Wildman–Crippen LogP) is 5.48. The maximum atomic E-state index is 12.5. The number of carboxylic acid groups (broad SMARTS) is 1. The second-order valence-corrected chi connectivity index (χ2v) is 12.8. The minimum Gasteiger partial charge on any atom is -0.481 e. The third-order valence-electron chi connectivity index (χ3n) is 11.7. The van der Waals surface area contributed by atoms with E-state index in [1.807, 2.05) is 11.0 Å². The number of aromatic nitrogens is 3. The number of carbonyl (C=O) groups is 1. The quantitative estimate of drug-likeness (QED) is 0.600. The number of aliphatic carboxylic acids is 1. The monoisotopic (exact) mass is 453 g/mol. The van der Waals surface area contributed by atoms with Crippen molar-refractivity contribution in [1.82, 2.24) is 14.8 Å². The normalized spacial score (nSPS) is 51.0. The molecular formula is C27H39N3O3. The van der Waals surface area contributed by atoms with Crippen molar-refractivity contribution in [3.05, 3.63) is 24.3 Å². The summed E-state index contributed by atoms with van der Waals surface area (Å²) < 4.78 is 8.64. The van der Waals surface area contributed by atoms with E-state index >= 15 is 0 Å². The summed E-state index contributed by atoms with van der Waals surface area (Å²) >= 11 is 0. The fourth-order valence-corrected chi connectivity index (χ4v) is 9.98. The SMILES string of the molecule is CC1CCC2(C)C3CCC4C5(CCCC4(C)C(n4cncn4)OC5)C3=CCC2(C)C1C(=O)O. The molecule has 6 heteroatoms. The van der Waals surface area contributed by atoms with Gasteiger partial charge in [-0.15, -0.1) is 0 Å². The molecule has 4 fully saturated rings. The summed E-state index contributed by atoms with van der Waals surface area (Å²) in [5.74, 6) is 0.428. The van der Waals surface area contributed by atoms with E-state index in [9.17, 15) is 9.90 Å². The summed E-state index contributed by atoms with van der Waals surface area (Å²) in [5.41, 5.74) is 1.61. The molecule has 6 rings (SSSR count). The first kappa shape index (κ1) is 21.8. The van der Waals surface area contributed by atoms with Gasteiger partial charge in [-0.2, -0.15) is 5.10 Å². The van der Waals surface area contributed by atoms with E-state index in [-0.39, 0.29) is 39.7 Å². The van der Waals surface area contributed by atoms with Gasteiger partial charge in [-0.25, -0.2) is 9.67 Å². The fourth-order valence-electron chi connectivity index (χ4n) is 9.98. The lowest BCUT2D eigenvalue weighted by Crippen LogP contribution is -2.64. The average molecular weight is 454 g/mol. The number of rotatable bonds is 2. The van der Waals surface area contributed by atoms with Crippen LogP contribution in [0.5, 0.6) is 0 Å². The van der Waals surface area contributed by atoms with E-state index in [2.05, 4.69) is 43.9 Å². The van der Waals surface area contributed by atoms with Crippen LogP contribution in [0, 0.1) is 45.3 Å². The maximum Gasteiger partial charge on any atom is 0.307 e. The topological polar surface area (TPSA) is 77.2 Å². The van der Waals surface area contributed by atoms with Crippen molar-refractivity contribution in [2.45, 2.75) is 85.3 Å². The summed E-state index contributed by atoms with van der Waals surface area (Å²) in [7, 11) is 0. The van der Waals surface area contributed by atoms with Crippen LogP contribution in [-0.4, -0.2) is 32.4 Å². The summed E-state index contributed by atoms with van der Waals surface area (Å²) in [6.07, 6.45) is 14.9. The van der Waals surface area contributed by atoms with Gasteiger partial charge >= 0.3 is 5.97 Å². The molecule has 1 aromatic heterocycles. The third-order valence-corrected chi connectivity index (χ3v) is 11.7. The van der Waals surface area contributed by atoms with Gasteiger partial charge in [0.05, 0.1) is 12.5 Å². The zero-order chi connectivity index (χ0) is 23.2. The second-order valence-electron chi connectivity index (χ2n) is 12.8. The van der Waals surface area contributed by atoms with Crippen molar-refractivity contribution in [1.29, 1.82) is 0 Å². The van der Waals surface area contributed by atoms with E-state index < -0.39 is 5.97 Å². The maximum absolute atomic E-state index is 12.5. The van der Waals surface area contributed by atoms with Crippen LogP contribution in [0.3, 0.4) is 0 Å². The number of nitrogens with zero attached hydrogens (tertiary/aromatic N) is 3. The van der Waals surface area contributed by atoms with E-state index in [0.717, 1.165) is 32.3 Å². The molecule has 6 nitrogen and oxygen atoms in total. The van der Waals surface area contributed by atoms with Crippen molar-refractivity contribution in [2.24, 2.45) is 45.3 Å². The molecule has 3 saturated carbocycles. The Labute approximate surface area is 197 Å². The first-order valence-electron chi connectivity index (χ1n) is 13.1. The van der Waals surface area contributed by atoms with Crippen molar-refractivity contribution in [3.63, 3.8) is 0 Å². The summed E-state index contributed by atoms with van der Waals surface area (Å²) in [4.78, 5) is 16.7. The van der Waals surface area contributed by atoms with Crippen LogP contribution in [0.4, 0.5) is 0 Å². The Morgan fingerprint density at radius 1 is 1.15 bits per heavy atom. The predicted molar refractivity (Wildman–Crippen MR) is 124 cm³/mol.